The van der Waals surface area contributed by atoms with Crippen LogP contribution in [0.5, 0.6) is 0 Å². The topological polar surface area (TPSA) is 50.9 Å². The standard InChI is InChI=1S/C12H17Cl2N3/c1-12(4-2-3-5-12)7-16-11-9(14)6-8(13)10(15)17-11/h6H,2-5,7H2,1H3,(H3,15,16,17). The molecule has 1 heterocycles. The Morgan fingerprint density at radius 1 is 1.35 bits per heavy atom. The molecular formula is C12H17Cl2N3. The molecule has 0 amide bonds. The second-order valence-corrected chi connectivity index (χ2v) is 5.87. The summed E-state index contributed by atoms with van der Waals surface area (Å²) in [5, 5.41) is 4.20. The number of pyridine rings is 1. The van der Waals surface area contributed by atoms with Crippen LogP contribution in [0.1, 0.15) is 32.6 Å². The van der Waals surface area contributed by atoms with Crippen molar-refractivity contribution in [2.45, 2.75) is 32.6 Å². The fourth-order valence-electron chi connectivity index (χ4n) is 2.31. The molecule has 1 aliphatic rings. The van der Waals surface area contributed by atoms with Crippen molar-refractivity contribution in [2.75, 3.05) is 17.6 Å². The monoisotopic (exact) mass is 273 g/mol. The number of hydrogen-bond acceptors (Lipinski definition) is 3. The van der Waals surface area contributed by atoms with Crippen LogP contribution in [0.25, 0.3) is 0 Å². The maximum atomic E-state index is 6.07. The lowest BCUT2D eigenvalue weighted by Crippen LogP contribution is -2.23. The molecular weight excluding hydrogens is 257 g/mol. The zero-order valence-electron chi connectivity index (χ0n) is 9.89. The lowest BCUT2D eigenvalue weighted by molar-refractivity contribution is 0.361. The third kappa shape index (κ3) is 2.96. The van der Waals surface area contributed by atoms with E-state index in [1.165, 1.54) is 25.7 Å². The molecule has 17 heavy (non-hydrogen) atoms. The van der Waals surface area contributed by atoms with E-state index in [1.807, 2.05) is 0 Å². The molecule has 0 radical (unpaired) electrons. The summed E-state index contributed by atoms with van der Waals surface area (Å²) in [5.41, 5.74) is 6.01. The Kier molecular flexibility index (Phi) is 3.69. The van der Waals surface area contributed by atoms with Crippen molar-refractivity contribution < 1.29 is 0 Å². The maximum Gasteiger partial charge on any atom is 0.147 e. The van der Waals surface area contributed by atoms with Gasteiger partial charge in [0, 0.05) is 6.54 Å². The van der Waals surface area contributed by atoms with Crippen LogP contribution in [0.3, 0.4) is 0 Å². The molecule has 5 heteroatoms. The molecule has 2 rings (SSSR count). The van der Waals surface area contributed by atoms with Gasteiger partial charge in [0.1, 0.15) is 11.6 Å². The second-order valence-electron chi connectivity index (χ2n) is 5.06. The van der Waals surface area contributed by atoms with Crippen molar-refractivity contribution in [1.29, 1.82) is 0 Å². The largest absolute Gasteiger partial charge is 0.382 e. The van der Waals surface area contributed by atoms with Crippen LogP contribution >= 0.6 is 23.2 Å². The Labute approximate surface area is 112 Å². The van der Waals surface area contributed by atoms with E-state index < -0.39 is 0 Å². The minimum absolute atomic E-state index is 0.315. The average molecular weight is 274 g/mol. The molecule has 0 aromatic carbocycles. The molecule has 3 nitrogen and oxygen atoms in total. The Morgan fingerprint density at radius 3 is 2.65 bits per heavy atom. The first-order valence-corrected chi connectivity index (χ1v) is 6.61. The van der Waals surface area contributed by atoms with Crippen LogP contribution in [0.15, 0.2) is 6.07 Å². The first-order valence-electron chi connectivity index (χ1n) is 5.86. The molecule has 1 aromatic heterocycles. The first-order chi connectivity index (χ1) is 8.00. The summed E-state index contributed by atoms with van der Waals surface area (Å²) in [4.78, 5) is 4.17. The number of hydrogen-bond donors (Lipinski definition) is 2. The molecule has 0 saturated heterocycles. The summed E-state index contributed by atoms with van der Waals surface area (Å²) in [7, 11) is 0. The first kappa shape index (κ1) is 12.8. The third-order valence-corrected chi connectivity index (χ3v) is 4.04. The van der Waals surface area contributed by atoms with Crippen LogP contribution in [0.4, 0.5) is 11.6 Å². The number of nitrogens with zero attached hydrogens (tertiary/aromatic N) is 1. The molecule has 0 atom stereocenters. The highest BCUT2D eigenvalue weighted by atomic mass is 35.5. The summed E-state index contributed by atoms with van der Waals surface area (Å²) in [6.45, 7) is 3.17. The highest BCUT2D eigenvalue weighted by Gasteiger charge is 2.28. The fraction of sp³-hybridized carbons (Fsp3) is 0.583. The Hall–Kier alpha value is -0.670. The number of aromatic nitrogens is 1. The van der Waals surface area contributed by atoms with E-state index in [9.17, 15) is 0 Å². The predicted octanol–water partition coefficient (Wildman–Crippen LogP) is 3.96. The molecule has 0 bridgehead atoms. The van der Waals surface area contributed by atoms with Crippen molar-refractivity contribution in [1.82, 2.24) is 4.98 Å². The molecule has 0 aliphatic heterocycles. The summed E-state index contributed by atoms with van der Waals surface area (Å²) < 4.78 is 0. The smallest absolute Gasteiger partial charge is 0.147 e. The second kappa shape index (κ2) is 4.91. The zero-order chi connectivity index (χ0) is 12.5. The normalized spacial score (nSPS) is 18.3. The van der Waals surface area contributed by atoms with E-state index in [4.69, 9.17) is 28.9 Å². The number of nitrogens with one attached hydrogen (secondary N) is 1. The van der Waals surface area contributed by atoms with Gasteiger partial charge >= 0.3 is 0 Å². The zero-order valence-corrected chi connectivity index (χ0v) is 11.4. The van der Waals surface area contributed by atoms with E-state index in [2.05, 4.69) is 17.2 Å². The number of nitrogen functional groups attached to an aromatic ring is 1. The summed E-state index contributed by atoms with van der Waals surface area (Å²) >= 11 is 11.9. The van der Waals surface area contributed by atoms with Crippen molar-refractivity contribution in [2.24, 2.45) is 5.41 Å². The van der Waals surface area contributed by atoms with Crippen LogP contribution in [0, 0.1) is 5.41 Å². The molecule has 0 unspecified atom stereocenters. The minimum atomic E-state index is 0.315. The number of anilines is 2. The Morgan fingerprint density at radius 2 is 2.00 bits per heavy atom. The van der Waals surface area contributed by atoms with Crippen molar-refractivity contribution in [3.8, 4) is 0 Å². The fourth-order valence-corrected chi connectivity index (χ4v) is 2.73. The molecule has 3 N–H and O–H groups in total. The lowest BCUT2D eigenvalue weighted by Gasteiger charge is -2.24. The molecule has 94 valence electrons. The number of nitrogens with two attached hydrogens (primary N) is 1. The Balaban J connectivity index is 2.06. The minimum Gasteiger partial charge on any atom is -0.382 e. The summed E-state index contributed by atoms with van der Waals surface area (Å²) in [6.07, 6.45) is 5.12. The van der Waals surface area contributed by atoms with Gasteiger partial charge in [0.15, 0.2) is 0 Å². The van der Waals surface area contributed by atoms with E-state index in [-0.39, 0.29) is 0 Å². The van der Waals surface area contributed by atoms with Gasteiger partial charge in [-0.2, -0.15) is 0 Å². The summed E-state index contributed by atoms with van der Waals surface area (Å²) in [6, 6.07) is 1.63. The molecule has 1 aliphatic carbocycles. The van der Waals surface area contributed by atoms with Gasteiger partial charge in [-0.05, 0) is 24.3 Å². The van der Waals surface area contributed by atoms with Gasteiger partial charge in [-0.3, -0.25) is 0 Å². The van der Waals surface area contributed by atoms with Gasteiger partial charge < -0.3 is 11.1 Å². The van der Waals surface area contributed by atoms with Crippen molar-refractivity contribution >= 4 is 34.8 Å². The van der Waals surface area contributed by atoms with Crippen molar-refractivity contribution in [3.05, 3.63) is 16.1 Å². The summed E-state index contributed by atoms with van der Waals surface area (Å²) in [5.74, 6) is 0.942. The molecule has 1 saturated carbocycles. The van der Waals surface area contributed by atoms with E-state index in [1.54, 1.807) is 6.07 Å². The van der Waals surface area contributed by atoms with Gasteiger partial charge in [0.2, 0.25) is 0 Å². The molecule has 1 fully saturated rings. The number of rotatable bonds is 3. The van der Waals surface area contributed by atoms with Gasteiger partial charge in [0.25, 0.3) is 0 Å². The van der Waals surface area contributed by atoms with Gasteiger partial charge in [-0.1, -0.05) is 43.0 Å². The highest BCUT2D eigenvalue weighted by molar-refractivity contribution is 6.37. The van der Waals surface area contributed by atoms with Crippen molar-refractivity contribution in [3.63, 3.8) is 0 Å². The van der Waals surface area contributed by atoms with Crippen LogP contribution in [-0.4, -0.2) is 11.5 Å². The quantitative estimate of drug-likeness (QED) is 0.877. The van der Waals surface area contributed by atoms with E-state index in [0.29, 0.717) is 27.1 Å². The molecule has 1 aromatic rings. The van der Waals surface area contributed by atoms with Gasteiger partial charge in [-0.15, -0.1) is 0 Å². The predicted molar refractivity (Wildman–Crippen MR) is 73.7 cm³/mol. The third-order valence-electron chi connectivity index (χ3n) is 3.45. The van der Waals surface area contributed by atoms with Crippen LogP contribution in [-0.2, 0) is 0 Å². The van der Waals surface area contributed by atoms with Crippen LogP contribution < -0.4 is 11.1 Å². The van der Waals surface area contributed by atoms with E-state index in [0.717, 1.165) is 6.54 Å². The molecule has 0 spiro atoms. The van der Waals surface area contributed by atoms with Crippen LogP contribution in [0.2, 0.25) is 10.0 Å². The lowest BCUT2D eigenvalue weighted by atomic mass is 9.89. The SMILES string of the molecule is CC1(CNc2nc(N)c(Cl)cc2Cl)CCCC1. The highest BCUT2D eigenvalue weighted by Crippen LogP contribution is 2.38. The average Bonchev–Trinajstić information content (AvgIpc) is 2.69. The van der Waals surface area contributed by atoms with Gasteiger partial charge in [-0.25, -0.2) is 4.98 Å². The number of halogens is 2. The van der Waals surface area contributed by atoms with E-state index >= 15 is 0 Å². The van der Waals surface area contributed by atoms with Gasteiger partial charge in [0.05, 0.1) is 10.0 Å². The Bertz CT molecular complexity index is 414. The maximum absolute atomic E-state index is 6.07.